The van der Waals surface area contributed by atoms with Crippen molar-refractivity contribution in [2.24, 2.45) is 0 Å². The summed E-state index contributed by atoms with van der Waals surface area (Å²) in [6.45, 7) is 0.475. The Morgan fingerprint density at radius 1 is 1.37 bits per heavy atom. The third-order valence-electron chi connectivity index (χ3n) is 2.30. The van der Waals surface area contributed by atoms with Crippen LogP contribution in [0.15, 0.2) is 47.6 Å². The number of aromatic nitrogens is 2. The number of rotatable bonds is 6. The normalized spacial score (nSPS) is 10.3. The van der Waals surface area contributed by atoms with Crippen LogP contribution in [0.4, 0.5) is 5.69 Å². The van der Waals surface area contributed by atoms with Gasteiger partial charge in [-0.15, -0.1) is 11.8 Å². The number of nitrogens with zero attached hydrogens (tertiary/aromatic N) is 2. The highest BCUT2D eigenvalue weighted by Crippen LogP contribution is 2.16. The van der Waals surface area contributed by atoms with Gasteiger partial charge in [-0.05, 0) is 12.1 Å². The number of ether oxygens (including phenoxy) is 1. The van der Waals surface area contributed by atoms with Crippen LogP contribution in [0.2, 0.25) is 0 Å². The molecule has 0 saturated carbocycles. The largest absolute Gasteiger partial charge is 0.463 e. The maximum atomic E-state index is 11.5. The fourth-order valence-corrected chi connectivity index (χ4v) is 2.23. The van der Waals surface area contributed by atoms with Crippen LogP contribution < -0.4 is 5.73 Å². The number of nitrogens with two attached hydrogens (primary N) is 1. The molecule has 0 spiro atoms. The van der Waals surface area contributed by atoms with Gasteiger partial charge in [-0.2, -0.15) is 5.10 Å². The third-order valence-corrected chi connectivity index (χ3v) is 3.28. The fourth-order valence-electron chi connectivity index (χ4n) is 1.48. The van der Waals surface area contributed by atoms with Crippen LogP contribution in [0.3, 0.4) is 0 Å². The summed E-state index contributed by atoms with van der Waals surface area (Å²) in [6, 6.07) is 9.99. The number of esters is 1. The van der Waals surface area contributed by atoms with E-state index in [1.165, 1.54) is 15.8 Å². The summed E-state index contributed by atoms with van der Waals surface area (Å²) in [7, 11) is 0. The van der Waals surface area contributed by atoms with Crippen LogP contribution in [0.1, 0.15) is 0 Å². The molecule has 0 atom stereocenters. The van der Waals surface area contributed by atoms with Gasteiger partial charge in [0.15, 0.2) is 0 Å². The molecule has 0 aliphatic carbocycles. The second kappa shape index (κ2) is 6.84. The molecule has 0 amide bonds. The van der Waals surface area contributed by atoms with Crippen molar-refractivity contribution in [2.75, 3.05) is 18.1 Å². The topological polar surface area (TPSA) is 70.1 Å². The number of benzene rings is 1. The molecule has 1 heterocycles. The van der Waals surface area contributed by atoms with Crippen molar-refractivity contribution >= 4 is 23.4 Å². The molecule has 1 aromatic carbocycles. The second-order valence-corrected chi connectivity index (χ2v) is 5.02. The standard InChI is InChI=1S/C13H15N3O2S/c14-11-8-15-16(9-11)10-13(17)18-6-7-19-12-4-2-1-3-5-12/h1-5,8-9H,6-7,10,14H2. The predicted octanol–water partition coefficient (Wildman–Crippen LogP) is 1.80. The van der Waals surface area contributed by atoms with Crippen LogP contribution >= 0.6 is 11.8 Å². The lowest BCUT2D eigenvalue weighted by Crippen LogP contribution is -2.15. The van der Waals surface area contributed by atoms with E-state index in [0.717, 1.165) is 5.75 Å². The van der Waals surface area contributed by atoms with E-state index < -0.39 is 0 Å². The molecule has 0 aliphatic rings. The Labute approximate surface area is 115 Å². The van der Waals surface area contributed by atoms with E-state index in [1.807, 2.05) is 30.3 Å². The van der Waals surface area contributed by atoms with Crippen molar-refractivity contribution in [3.05, 3.63) is 42.7 Å². The average molecular weight is 277 g/mol. The lowest BCUT2D eigenvalue weighted by Gasteiger charge is -2.05. The van der Waals surface area contributed by atoms with Gasteiger partial charge < -0.3 is 10.5 Å². The molecule has 0 radical (unpaired) electrons. The zero-order valence-electron chi connectivity index (χ0n) is 10.4. The number of hydrogen-bond donors (Lipinski definition) is 1. The molecule has 0 unspecified atom stereocenters. The number of thioether (sulfide) groups is 1. The Balaban J connectivity index is 1.64. The second-order valence-electron chi connectivity index (χ2n) is 3.85. The molecule has 100 valence electrons. The highest BCUT2D eigenvalue weighted by atomic mass is 32.2. The monoisotopic (exact) mass is 277 g/mol. The predicted molar refractivity (Wildman–Crippen MR) is 74.8 cm³/mol. The summed E-state index contributed by atoms with van der Waals surface area (Å²) in [4.78, 5) is 12.7. The van der Waals surface area contributed by atoms with Crippen molar-refractivity contribution in [2.45, 2.75) is 11.4 Å². The first-order valence-corrected chi connectivity index (χ1v) is 6.84. The number of carbonyl (C=O) groups excluding carboxylic acids is 1. The van der Waals surface area contributed by atoms with Gasteiger partial charge >= 0.3 is 5.97 Å². The van der Waals surface area contributed by atoms with E-state index in [1.54, 1.807) is 18.0 Å². The molecular weight excluding hydrogens is 262 g/mol. The summed E-state index contributed by atoms with van der Waals surface area (Å²) in [5, 5.41) is 3.92. The zero-order chi connectivity index (χ0) is 13.5. The quantitative estimate of drug-likeness (QED) is 0.495. The molecule has 0 bridgehead atoms. The van der Waals surface area contributed by atoms with E-state index in [0.29, 0.717) is 12.3 Å². The van der Waals surface area contributed by atoms with Crippen LogP contribution in [-0.4, -0.2) is 28.1 Å². The van der Waals surface area contributed by atoms with E-state index in [9.17, 15) is 4.79 Å². The van der Waals surface area contributed by atoms with Gasteiger partial charge in [0, 0.05) is 16.8 Å². The Morgan fingerprint density at radius 3 is 2.84 bits per heavy atom. The Morgan fingerprint density at radius 2 is 2.16 bits per heavy atom. The fraction of sp³-hybridized carbons (Fsp3) is 0.231. The van der Waals surface area contributed by atoms with Crippen molar-refractivity contribution < 1.29 is 9.53 Å². The molecule has 0 fully saturated rings. The van der Waals surface area contributed by atoms with Gasteiger partial charge in [-0.25, -0.2) is 0 Å². The molecule has 5 nitrogen and oxygen atoms in total. The molecule has 0 aliphatic heterocycles. The summed E-state index contributed by atoms with van der Waals surface area (Å²) in [5.74, 6) is 0.425. The minimum absolute atomic E-state index is 0.0905. The number of hydrogen-bond acceptors (Lipinski definition) is 5. The molecule has 2 N–H and O–H groups in total. The molecular formula is C13H15N3O2S. The van der Waals surface area contributed by atoms with Crippen LogP contribution in [0, 0.1) is 0 Å². The summed E-state index contributed by atoms with van der Waals surface area (Å²) >= 11 is 1.65. The highest BCUT2D eigenvalue weighted by molar-refractivity contribution is 7.99. The molecule has 2 aromatic rings. The number of nitrogen functional groups attached to an aromatic ring is 1. The van der Waals surface area contributed by atoms with Crippen molar-refractivity contribution in [3.63, 3.8) is 0 Å². The Kier molecular flexibility index (Phi) is 4.85. The third kappa shape index (κ3) is 4.67. The SMILES string of the molecule is Nc1cnn(CC(=O)OCCSc2ccccc2)c1. The van der Waals surface area contributed by atoms with Gasteiger partial charge in [-0.3, -0.25) is 9.48 Å². The Hall–Kier alpha value is -1.95. The van der Waals surface area contributed by atoms with Crippen LogP contribution in [0.25, 0.3) is 0 Å². The minimum Gasteiger partial charge on any atom is -0.463 e. The first-order valence-electron chi connectivity index (χ1n) is 5.85. The first-order chi connectivity index (χ1) is 9.24. The summed E-state index contributed by atoms with van der Waals surface area (Å²) < 4.78 is 6.58. The van der Waals surface area contributed by atoms with E-state index in [2.05, 4.69) is 5.10 Å². The lowest BCUT2D eigenvalue weighted by atomic mass is 10.4. The van der Waals surface area contributed by atoms with E-state index in [4.69, 9.17) is 10.5 Å². The van der Waals surface area contributed by atoms with Gasteiger partial charge in [0.1, 0.15) is 13.2 Å². The maximum absolute atomic E-state index is 11.5. The molecule has 2 rings (SSSR count). The Bertz CT molecular complexity index is 528. The van der Waals surface area contributed by atoms with Crippen molar-refractivity contribution in [1.82, 2.24) is 9.78 Å². The van der Waals surface area contributed by atoms with Gasteiger partial charge in [0.2, 0.25) is 0 Å². The smallest absolute Gasteiger partial charge is 0.327 e. The number of anilines is 1. The van der Waals surface area contributed by atoms with Gasteiger partial charge in [0.05, 0.1) is 11.9 Å². The lowest BCUT2D eigenvalue weighted by molar-refractivity contribution is -0.143. The molecule has 0 saturated heterocycles. The molecule has 1 aromatic heterocycles. The first kappa shape index (κ1) is 13.5. The van der Waals surface area contributed by atoms with Gasteiger partial charge in [0.25, 0.3) is 0 Å². The zero-order valence-corrected chi connectivity index (χ0v) is 11.2. The summed E-state index contributed by atoms with van der Waals surface area (Å²) in [5.41, 5.74) is 6.04. The summed E-state index contributed by atoms with van der Waals surface area (Å²) in [6.07, 6.45) is 3.10. The minimum atomic E-state index is -0.309. The van der Waals surface area contributed by atoms with Crippen LogP contribution in [-0.2, 0) is 16.1 Å². The van der Waals surface area contributed by atoms with Crippen molar-refractivity contribution in [1.29, 1.82) is 0 Å². The van der Waals surface area contributed by atoms with Gasteiger partial charge in [-0.1, -0.05) is 18.2 Å². The number of carbonyl (C=O) groups is 1. The molecule has 6 heteroatoms. The highest BCUT2D eigenvalue weighted by Gasteiger charge is 2.05. The molecule has 19 heavy (non-hydrogen) atoms. The average Bonchev–Trinajstić information content (AvgIpc) is 2.81. The van der Waals surface area contributed by atoms with E-state index in [-0.39, 0.29) is 12.5 Å². The van der Waals surface area contributed by atoms with E-state index >= 15 is 0 Å². The van der Waals surface area contributed by atoms with Crippen LogP contribution in [0.5, 0.6) is 0 Å². The maximum Gasteiger partial charge on any atom is 0.327 e. The van der Waals surface area contributed by atoms with Crippen molar-refractivity contribution in [3.8, 4) is 0 Å².